The van der Waals surface area contributed by atoms with Gasteiger partial charge in [0.15, 0.2) is 0 Å². The highest BCUT2D eigenvalue weighted by atomic mass is 35.5. The van der Waals surface area contributed by atoms with Crippen LogP contribution in [-0.4, -0.2) is 11.5 Å². The molecule has 0 radical (unpaired) electrons. The summed E-state index contributed by atoms with van der Waals surface area (Å²) in [4.78, 5) is 12.4. The predicted molar refractivity (Wildman–Crippen MR) is 91.8 cm³/mol. The van der Waals surface area contributed by atoms with E-state index in [4.69, 9.17) is 16.3 Å². The molecule has 0 aromatic heterocycles. The van der Waals surface area contributed by atoms with Crippen molar-refractivity contribution in [3.63, 3.8) is 0 Å². The van der Waals surface area contributed by atoms with E-state index in [9.17, 15) is 9.18 Å². The Kier molecular flexibility index (Phi) is 4.50. The summed E-state index contributed by atoms with van der Waals surface area (Å²) in [5.74, 6) is 0.0795. The number of carbonyl (C=O) groups excluding carboxylic acids is 1. The van der Waals surface area contributed by atoms with Crippen molar-refractivity contribution in [1.29, 1.82) is 0 Å². The number of ether oxygens (including phenoxy) is 1. The fourth-order valence-corrected chi connectivity index (χ4v) is 3.17. The van der Waals surface area contributed by atoms with Gasteiger partial charge in [0.1, 0.15) is 17.2 Å². The van der Waals surface area contributed by atoms with Crippen LogP contribution in [0.4, 0.5) is 4.39 Å². The molecule has 0 aliphatic carbocycles. The molecule has 0 saturated carbocycles. The van der Waals surface area contributed by atoms with E-state index in [0.29, 0.717) is 17.0 Å². The third-order valence-electron chi connectivity index (χ3n) is 4.08. The highest BCUT2D eigenvalue weighted by Gasteiger charge is 2.34. The van der Waals surface area contributed by atoms with Gasteiger partial charge in [-0.1, -0.05) is 35.9 Å². The van der Waals surface area contributed by atoms with Gasteiger partial charge >= 0.3 is 0 Å². The zero-order valence-corrected chi connectivity index (χ0v) is 14.4. The molecule has 1 aliphatic rings. The lowest BCUT2D eigenvalue weighted by molar-refractivity contribution is -0.121. The molecule has 24 heavy (non-hydrogen) atoms. The molecule has 1 amide bonds. The molecule has 3 nitrogen and oxygen atoms in total. The van der Waals surface area contributed by atoms with Gasteiger partial charge in [-0.3, -0.25) is 4.79 Å². The van der Waals surface area contributed by atoms with Crippen LogP contribution in [-0.2, 0) is 11.2 Å². The van der Waals surface area contributed by atoms with E-state index in [1.165, 1.54) is 6.07 Å². The van der Waals surface area contributed by atoms with Gasteiger partial charge in [-0.15, -0.1) is 0 Å². The minimum absolute atomic E-state index is 0.0248. The monoisotopic (exact) mass is 347 g/mol. The van der Waals surface area contributed by atoms with E-state index in [-0.39, 0.29) is 24.0 Å². The maximum Gasteiger partial charge on any atom is 0.225 e. The van der Waals surface area contributed by atoms with Crippen molar-refractivity contribution in [3.05, 3.63) is 64.4 Å². The number of carbonyl (C=O) groups is 1. The average molecular weight is 348 g/mol. The lowest BCUT2D eigenvalue weighted by atomic mass is 9.89. The first kappa shape index (κ1) is 16.8. The van der Waals surface area contributed by atoms with Crippen LogP contribution in [0, 0.1) is 5.82 Å². The van der Waals surface area contributed by atoms with E-state index in [0.717, 1.165) is 11.3 Å². The Morgan fingerprint density at radius 3 is 2.83 bits per heavy atom. The second-order valence-corrected chi connectivity index (χ2v) is 7.07. The molecule has 2 aromatic carbocycles. The third kappa shape index (κ3) is 3.70. The second-order valence-electron chi connectivity index (χ2n) is 6.64. The van der Waals surface area contributed by atoms with E-state index >= 15 is 0 Å². The molecule has 1 aliphatic heterocycles. The maximum absolute atomic E-state index is 13.9. The SMILES string of the molecule is CC1(C)C[C@@H](NC(=O)Cc2ccc(Cl)cc2F)c2ccccc2O1. The standard InChI is InChI=1S/C19H19ClFNO2/c1-19(2)11-16(14-5-3-4-6-17(14)24-19)22-18(23)9-12-7-8-13(20)10-15(12)21/h3-8,10,16H,9,11H2,1-2H3,(H,22,23)/t16-/m1/s1. The van der Waals surface area contributed by atoms with Crippen molar-refractivity contribution in [2.24, 2.45) is 0 Å². The van der Waals surface area contributed by atoms with Crippen molar-refractivity contribution in [2.45, 2.75) is 38.3 Å². The summed E-state index contributed by atoms with van der Waals surface area (Å²) < 4.78 is 19.8. The molecule has 2 aromatic rings. The molecule has 3 rings (SSSR count). The minimum atomic E-state index is -0.467. The van der Waals surface area contributed by atoms with Gasteiger partial charge in [-0.2, -0.15) is 0 Å². The molecule has 0 unspecified atom stereocenters. The lowest BCUT2D eigenvalue weighted by Crippen LogP contribution is -2.41. The number of hydrogen-bond donors (Lipinski definition) is 1. The van der Waals surface area contributed by atoms with Crippen molar-refractivity contribution in [1.82, 2.24) is 5.32 Å². The van der Waals surface area contributed by atoms with Gasteiger partial charge in [0.25, 0.3) is 0 Å². The number of para-hydroxylation sites is 1. The number of fused-ring (bicyclic) bond motifs is 1. The summed E-state index contributed by atoms with van der Waals surface area (Å²) in [7, 11) is 0. The third-order valence-corrected chi connectivity index (χ3v) is 4.31. The Balaban J connectivity index is 1.76. The van der Waals surface area contributed by atoms with Crippen LogP contribution >= 0.6 is 11.6 Å². The zero-order valence-electron chi connectivity index (χ0n) is 13.6. The summed E-state index contributed by atoms with van der Waals surface area (Å²) >= 11 is 5.74. The molecule has 0 saturated heterocycles. The number of halogens is 2. The summed E-state index contributed by atoms with van der Waals surface area (Å²) in [5, 5.41) is 3.32. The van der Waals surface area contributed by atoms with Crippen molar-refractivity contribution < 1.29 is 13.9 Å². The van der Waals surface area contributed by atoms with E-state index in [1.807, 2.05) is 38.1 Å². The van der Waals surface area contributed by atoms with Gasteiger partial charge in [0, 0.05) is 17.0 Å². The van der Waals surface area contributed by atoms with Gasteiger partial charge < -0.3 is 10.1 Å². The number of benzene rings is 2. The highest BCUT2D eigenvalue weighted by Crippen LogP contribution is 2.39. The predicted octanol–water partition coefficient (Wildman–Crippen LogP) is 4.44. The summed E-state index contributed by atoms with van der Waals surface area (Å²) in [6.07, 6.45) is 0.627. The van der Waals surface area contributed by atoms with Gasteiger partial charge in [0.2, 0.25) is 5.91 Å². The van der Waals surface area contributed by atoms with Gasteiger partial charge in [0.05, 0.1) is 12.5 Å². The Hall–Kier alpha value is -2.07. The molecular formula is C19H19ClFNO2. The first-order chi connectivity index (χ1) is 11.3. The molecular weight excluding hydrogens is 329 g/mol. The van der Waals surface area contributed by atoms with Crippen LogP contribution in [0.2, 0.25) is 5.02 Å². The Morgan fingerprint density at radius 1 is 1.33 bits per heavy atom. The van der Waals surface area contributed by atoms with Crippen molar-refractivity contribution >= 4 is 17.5 Å². The summed E-state index contributed by atoms with van der Waals surface area (Å²) in [6.45, 7) is 3.97. The molecule has 1 atom stereocenters. The number of hydrogen-bond acceptors (Lipinski definition) is 2. The average Bonchev–Trinajstić information content (AvgIpc) is 2.49. The van der Waals surface area contributed by atoms with Crippen LogP contribution in [0.15, 0.2) is 42.5 Å². The molecule has 0 spiro atoms. The molecule has 1 N–H and O–H groups in total. The molecule has 126 valence electrons. The molecule has 0 bridgehead atoms. The smallest absolute Gasteiger partial charge is 0.225 e. The fraction of sp³-hybridized carbons (Fsp3) is 0.316. The second kappa shape index (κ2) is 6.44. The van der Waals surface area contributed by atoms with Crippen LogP contribution in [0.3, 0.4) is 0 Å². The summed E-state index contributed by atoms with van der Waals surface area (Å²) in [6, 6.07) is 11.8. The van der Waals surface area contributed by atoms with Crippen LogP contribution in [0.1, 0.15) is 37.4 Å². The number of amides is 1. The first-order valence-corrected chi connectivity index (χ1v) is 8.23. The van der Waals surface area contributed by atoms with Crippen LogP contribution in [0.25, 0.3) is 0 Å². The van der Waals surface area contributed by atoms with Crippen molar-refractivity contribution in [2.75, 3.05) is 0 Å². The molecule has 1 heterocycles. The fourth-order valence-electron chi connectivity index (χ4n) is 3.01. The topological polar surface area (TPSA) is 38.3 Å². The Morgan fingerprint density at radius 2 is 2.08 bits per heavy atom. The normalized spacial score (nSPS) is 18.4. The lowest BCUT2D eigenvalue weighted by Gasteiger charge is -2.37. The van der Waals surface area contributed by atoms with E-state index in [1.54, 1.807) is 12.1 Å². The van der Waals surface area contributed by atoms with Gasteiger partial charge in [-0.05, 0) is 37.6 Å². The summed E-state index contributed by atoms with van der Waals surface area (Å²) in [5.41, 5.74) is 0.899. The quantitative estimate of drug-likeness (QED) is 0.891. The number of nitrogens with one attached hydrogen (secondary N) is 1. The van der Waals surface area contributed by atoms with Crippen molar-refractivity contribution in [3.8, 4) is 5.75 Å². The Labute approximate surface area is 145 Å². The maximum atomic E-state index is 13.9. The molecule has 0 fully saturated rings. The van der Waals surface area contributed by atoms with Crippen LogP contribution in [0.5, 0.6) is 5.75 Å². The van der Waals surface area contributed by atoms with Crippen LogP contribution < -0.4 is 10.1 Å². The van der Waals surface area contributed by atoms with E-state index < -0.39 is 5.82 Å². The minimum Gasteiger partial charge on any atom is -0.487 e. The van der Waals surface area contributed by atoms with Gasteiger partial charge in [-0.25, -0.2) is 4.39 Å². The largest absolute Gasteiger partial charge is 0.487 e. The highest BCUT2D eigenvalue weighted by molar-refractivity contribution is 6.30. The molecule has 5 heteroatoms. The Bertz CT molecular complexity index is 776. The first-order valence-electron chi connectivity index (χ1n) is 7.85. The number of rotatable bonds is 3. The zero-order chi connectivity index (χ0) is 17.3. The van der Waals surface area contributed by atoms with E-state index in [2.05, 4.69) is 5.32 Å².